The molecule has 1 unspecified atom stereocenters. The van der Waals surface area contributed by atoms with Gasteiger partial charge in [-0.3, -0.25) is 9.69 Å². The molecule has 2 saturated heterocycles. The fourth-order valence-electron chi connectivity index (χ4n) is 4.14. The van der Waals surface area contributed by atoms with Gasteiger partial charge in [-0.1, -0.05) is 31.2 Å². The average Bonchev–Trinajstić information content (AvgIpc) is 3.18. The number of ether oxygens (including phenoxy) is 1. The second kappa shape index (κ2) is 9.82. The minimum Gasteiger partial charge on any atom is -0.444 e. The van der Waals surface area contributed by atoms with Crippen LogP contribution < -0.4 is 5.32 Å². The number of carbonyl (C=O) groups excluding carboxylic acids is 2. The normalized spacial score (nSPS) is 20.9. The van der Waals surface area contributed by atoms with Gasteiger partial charge in [0.05, 0.1) is 5.92 Å². The van der Waals surface area contributed by atoms with Crippen LogP contribution in [0.4, 0.5) is 4.79 Å². The Balaban J connectivity index is 1.50. The van der Waals surface area contributed by atoms with Crippen LogP contribution in [0.3, 0.4) is 0 Å². The van der Waals surface area contributed by atoms with Gasteiger partial charge >= 0.3 is 6.09 Å². The molecule has 0 saturated carbocycles. The zero-order valence-electron chi connectivity index (χ0n) is 18.9. The van der Waals surface area contributed by atoms with Crippen molar-refractivity contribution in [1.82, 2.24) is 15.1 Å². The van der Waals surface area contributed by atoms with Crippen LogP contribution in [0.5, 0.6) is 0 Å². The predicted octanol–water partition coefficient (Wildman–Crippen LogP) is 3.79. The number of rotatable bonds is 5. The smallest absolute Gasteiger partial charge is 0.410 e. The molecule has 2 amide bonds. The van der Waals surface area contributed by atoms with Crippen LogP contribution in [0.1, 0.15) is 58.1 Å². The first kappa shape index (κ1) is 22.6. The molecule has 1 aromatic carbocycles. The molecule has 0 spiro atoms. The first-order valence-electron chi connectivity index (χ1n) is 11.3. The second-order valence-electron chi connectivity index (χ2n) is 9.86. The van der Waals surface area contributed by atoms with E-state index < -0.39 is 5.60 Å². The van der Waals surface area contributed by atoms with Crippen molar-refractivity contribution in [3.8, 4) is 0 Å². The van der Waals surface area contributed by atoms with E-state index in [0.29, 0.717) is 26.1 Å². The van der Waals surface area contributed by atoms with Crippen molar-refractivity contribution < 1.29 is 14.3 Å². The molecular formula is C24H37N3O3. The van der Waals surface area contributed by atoms with Crippen molar-refractivity contribution in [2.75, 3.05) is 26.2 Å². The van der Waals surface area contributed by atoms with E-state index >= 15 is 0 Å². The van der Waals surface area contributed by atoms with E-state index in [1.165, 1.54) is 24.0 Å². The Labute approximate surface area is 180 Å². The second-order valence-corrected chi connectivity index (χ2v) is 9.86. The van der Waals surface area contributed by atoms with Crippen LogP contribution in [-0.4, -0.2) is 53.6 Å². The van der Waals surface area contributed by atoms with Crippen molar-refractivity contribution in [3.63, 3.8) is 0 Å². The molecule has 2 aliphatic rings. The summed E-state index contributed by atoms with van der Waals surface area (Å²) in [6.45, 7) is 12.6. The Kier molecular flexibility index (Phi) is 7.40. The topological polar surface area (TPSA) is 61.9 Å². The van der Waals surface area contributed by atoms with Gasteiger partial charge in [0.25, 0.3) is 0 Å². The van der Waals surface area contributed by atoms with Gasteiger partial charge in [-0.2, -0.15) is 0 Å². The minimum absolute atomic E-state index is 0.0164. The maximum atomic E-state index is 12.7. The molecular weight excluding hydrogens is 378 g/mol. The summed E-state index contributed by atoms with van der Waals surface area (Å²) in [6.07, 6.45) is 2.86. The number of nitrogens with zero attached hydrogens (tertiary/aromatic N) is 2. The van der Waals surface area contributed by atoms with Crippen LogP contribution in [0.2, 0.25) is 0 Å². The fraction of sp³-hybridized carbons (Fsp3) is 0.667. The van der Waals surface area contributed by atoms with E-state index in [-0.39, 0.29) is 17.9 Å². The summed E-state index contributed by atoms with van der Waals surface area (Å²) in [5.74, 6) is 0.665. The average molecular weight is 416 g/mol. The maximum Gasteiger partial charge on any atom is 0.410 e. The first-order chi connectivity index (χ1) is 14.2. The van der Waals surface area contributed by atoms with E-state index in [2.05, 4.69) is 35.3 Å². The Bertz CT molecular complexity index is 735. The van der Waals surface area contributed by atoms with Crippen LogP contribution in [0.15, 0.2) is 24.3 Å². The van der Waals surface area contributed by atoms with Gasteiger partial charge in [0.1, 0.15) is 5.60 Å². The molecule has 1 atom stereocenters. The monoisotopic (exact) mass is 415 g/mol. The zero-order chi connectivity index (χ0) is 21.7. The molecule has 2 fully saturated rings. The Morgan fingerprint density at radius 2 is 1.73 bits per heavy atom. The third-order valence-electron chi connectivity index (χ3n) is 6.05. The molecule has 2 heterocycles. The molecule has 0 radical (unpaired) electrons. The molecule has 6 heteroatoms. The Morgan fingerprint density at radius 1 is 1.07 bits per heavy atom. The van der Waals surface area contributed by atoms with E-state index in [4.69, 9.17) is 4.74 Å². The Morgan fingerprint density at radius 3 is 2.40 bits per heavy atom. The van der Waals surface area contributed by atoms with E-state index in [0.717, 1.165) is 25.6 Å². The van der Waals surface area contributed by atoms with E-state index in [1.54, 1.807) is 4.90 Å². The van der Waals surface area contributed by atoms with Gasteiger partial charge in [-0.15, -0.1) is 0 Å². The quantitative estimate of drug-likeness (QED) is 0.795. The van der Waals surface area contributed by atoms with Crippen molar-refractivity contribution in [1.29, 1.82) is 0 Å². The lowest BCUT2D eigenvalue weighted by molar-refractivity contribution is -0.124. The van der Waals surface area contributed by atoms with Gasteiger partial charge < -0.3 is 15.0 Å². The highest BCUT2D eigenvalue weighted by atomic mass is 16.6. The first-order valence-corrected chi connectivity index (χ1v) is 11.3. The number of nitrogens with one attached hydrogen (secondary N) is 1. The van der Waals surface area contributed by atoms with Gasteiger partial charge in [0.15, 0.2) is 0 Å². The highest BCUT2D eigenvalue weighted by molar-refractivity contribution is 5.80. The lowest BCUT2D eigenvalue weighted by Gasteiger charge is -2.30. The molecule has 0 bridgehead atoms. The SMILES string of the molecule is CC1CCN(Cc2ccccc2CNC(=O)C2CCN(C(=O)OC(C)(C)C)C2)CC1. The van der Waals surface area contributed by atoms with Crippen LogP contribution in [0.25, 0.3) is 0 Å². The lowest BCUT2D eigenvalue weighted by Crippen LogP contribution is -2.37. The number of amides is 2. The number of benzene rings is 1. The molecule has 3 rings (SSSR count). The van der Waals surface area contributed by atoms with Crippen LogP contribution >= 0.6 is 0 Å². The highest BCUT2D eigenvalue weighted by Crippen LogP contribution is 2.21. The summed E-state index contributed by atoms with van der Waals surface area (Å²) in [7, 11) is 0. The summed E-state index contributed by atoms with van der Waals surface area (Å²) in [5.41, 5.74) is 1.94. The minimum atomic E-state index is -0.520. The van der Waals surface area contributed by atoms with Crippen LogP contribution in [0, 0.1) is 11.8 Å². The fourth-order valence-corrected chi connectivity index (χ4v) is 4.14. The van der Waals surface area contributed by atoms with Crippen LogP contribution in [-0.2, 0) is 22.6 Å². The Hall–Kier alpha value is -2.08. The van der Waals surface area contributed by atoms with E-state index in [9.17, 15) is 9.59 Å². The third kappa shape index (κ3) is 6.46. The number of piperidine rings is 1. The van der Waals surface area contributed by atoms with Gasteiger partial charge in [0, 0.05) is 26.2 Å². The van der Waals surface area contributed by atoms with E-state index in [1.807, 2.05) is 26.8 Å². The molecule has 30 heavy (non-hydrogen) atoms. The molecule has 6 nitrogen and oxygen atoms in total. The van der Waals surface area contributed by atoms with Gasteiger partial charge in [0.2, 0.25) is 5.91 Å². The third-order valence-corrected chi connectivity index (χ3v) is 6.05. The predicted molar refractivity (Wildman–Crippen MR) is 118 cm³/mol. The van der Waals surface area contributed by atoms with Gasteiger partial charge in [-0.05, 0) is 70.2 Å². The lowest BCUT2D eigenvalue weighted by atomic mass is 9.98. The molecule has 0 aliphatic carbocycles. The van der Waals surface area contributed by atoms with Crippen molar-refractivity contribution in [3.05, 3.63) is 35.4 Å². The van der Waals surface area contributed by atoms with Crippen molar-refractivity contribution >= 4 is 12.0 Å². The number of hydrogen-bond donors (Lipinski definition) is 1. The number of likely N-dealkylation sites (tertiary alicyclic amines) is 2. The summed E-state index contributed by atoms with van der Waals surface area (Å²) in [6, 6.07) is 8.37. The van der Waals surface area contributed by atoms with Crippen molar-refractivity contribution in [2.45, 2.75) is 65.6 Å². The van der Waals surface area contributed by atoms with Gasteiger partial charge in [-0.25, -0.2) is 4.79 Å². The van der Waals surface area contributed by atoms with Crippen molar-refractivity contribution in [2.24, 2.45) is 11.8 Å². The molecule has 1 N–H and O–H groups in total. The summed E-state index contributed by atoms with van der Waals surface area (Å²) in [5, 5.41) is 3.10. The molecule has 2 aliphatic heterocycles. The maximum absolute atomic E-state index is 12.7. The number of hydrogen-bond acceptors (Lipinski definition) is 4. The highest BCUT2D eigenvalue weighted by Gasteiger charge is 2.33. The zero-order valence-corrected chi connectivity index (χ0v) is 18.9. The molecule has 166 valence electrons. The largest absolute Gasteiger partial charge is 0.444 e. The summed E-state index contributed by atoms with van der Waals surface area (Å²) >= 11 is 0. The summed E-state index contributed by atoms with van der Waals surface area (Å²) < 4.78 is 5.42. The standard InChI is InChI=1S/C24H37N3O3/c1-18-9-12-26(13-10-18)16-20-8-6-5-7-19(20)15-25-22(28)21-11-14-27(17-21)23(29)30-24(2,3)4/h5-8,18,21H,9-17H2,1-4H3,(H,25,28). The summed E-state index contributed by atoms with van der Waals surface area (Å²) in [4.78, 5) is 29.1. The number of carbonyl (C=O) groups is 2. The molecule has 0 aromatic heterocycles. The molecule has 1 aromatic rings.